The molecule has 0 spiro atoms. The average molecular weight is 421 g/mol. The second-order valence-electron chi connectivity index (χ2n) is 7.35. The molecule has 0 aromatic heterocycles. The Morgan fingerprint density at radius 2 is 1.53 bits per heavy atom. The van der Waals surface area contributed by atoms with E-state index in [1.165, 1.54) is 6.92 Å². The summed E-state index contributed by atoms with van der Waals surface area (Å²) in [6.45, 7) is 10.7. The van der Waals surface area contributed by atoms with Crippen LogP contribution in [0.15, 0.2) is 24.3 Å². The summed E-state index contributed by atoms with van der Waals surface area (Å²) < 4.78 is 10.5. The molecule has 1 unspecified atom stereocenters. The van der Waals surface area contributed by atoms with Crippen LogP contribution in [0.25, 0.3) is 0 Å². The summed E-state index contributed by atoms with van der Waals surface area (Å²) in [6.07, 6.45) is -1.21. The number of ether oxygens (including phenoxy) is 2. The maximum absolute atomic E-state index is 12.5. The van der Waals surface area contributed by atoms with Crippen molar-refractivity contribution < 1.29 is 28.7 Å². The Balaban J connectivity index is 2.72. The number of esters is 1. The molecule has 0 bridgehead atoms. The van der Waals surface area contributed by atoms with Crippen LogP contribution in [-0.2, 0) is 14.3 Å². The van der Waals surface area contributed by atoms with E-state index in [0.717, 1.165) is 0 Å². The first kappa shape index (κ1) is 24.9. The molecule has 1 aromatic carbocycles. The molecule has 0 saturated carbocycles. The van der Waals surface area contributed by atoms with E-state index < -0.39 is 36.0 Å². The highest BCUT2D eigenvalue weighted by molar-refractivity contribution is 5.99. The van der Waals surface area contributed by atoms with Gasteiger partial charge in [-0.1, -0.05) is 13.8 Å². The molecule has 0 aliphatic carbocycles. The Kier molecular flexibility index (Phi) is 9.80. The third kappa shape index (κ3) is 8.10. The van der Waals surface area contributed by atoms with E-state index in [4.69, 9.17) is 9.47 Å². The summed E-state index contributed by atoms with van der Waals surface area (Å²) in [5, 5.41) is 7.23. The minimum atomic E-state index is -1.21. The molecule has 0 aliphatic rings. The van der Waals surface area contributed by atoms with Gasteiger partial charge in [-0.2, -0.15) is 0 Å². The summed E-state index contributed by atoms with van der Waals surface area (Å²) in [4.78, 5) is 48.7. The number of hydrogen-bond acceptors (Lipinski definition) is 6. The highest BCUT2D eigenvalue weighted by Gasteiger charge is 2.29. The molecule has 1 rings (SSSR count). The van der Waals surface area contributed by atoms with Gasteiger partial charge in [0.2, 0.25) is 0 Å². The molecular formula is C21H31N3O6. The molecule has 1 aromatic rings. The van der Waals surface area contributed by atoms with Gasteiger partial charge < -0.3 is 20.1 Å². The van der Waals surface area contributed by atoms with E-state index in [-0.39, 0.29) is 12.0 Å². The molecule has 0 fully saturated rings. The van der Waals surface area contributed by atoms with Crippen molar-refractivity contribution in [1.29, 1.82) is 0 Å². The summed E-state index contributed by atoms with van der Waals surface area (Å²) in [5.74, 6) is -1.64. The Bertz CT molecular complexity index is 746. The number of benzene rings is 1. The van der Waals surface area contributed by atoms with Crippen molar-refractivity contribution in [3.05, 3.63) is 29.8 Å². The first-order chi connectivity index (χ1) is 14.0. The molecule has 2 atom stereocenters. The van der Waals surface area contributed by atoms with Crippen molar-refractivity contribution in [3.8, 4) is 5.75 Å². The molecule has 166 valence electrons. The van der Waals surface area contributed by atoms with Gasteiger partial charge in [-0.25, -0.2) is 9.59 Å². The summed E-state index contributed by atoms with van der Waals surface area (Å²) in [5.41, 5.74) is 0.355. The molecule has 30 heavy (non-hydrogen) atoms. The van der Waals surface area contributed by atoms with Crippen LogP contribution in [0.2, 0.25) is 0 Å². The van der Waals surface area contributed by atoms with Crippen LogP contribution in [0.4, 0.5) is 4.79 Å². The van der Waals surface area contributed by atoms with E-state index in [9.17, 15) is 19.2 Å². The Labute approximate surface area is 176 Å². The predicted octanol–water partition coefficient (Wildman–Crippen LogP) is 2.01. The maximum Gasteiger partial charge on any atom is 0.329 e. The van der Waals surface area contributed by atoms with Crippen LogP contribution in [-0.4, -0.2) is 48.6 Å². The number of nitrogens with one attached hydrogen (secondary N) is 3. The number of urea groups is 1. The van der Waals surface area contributed by atoms with Gasteiger partial charge in [-0.3, -0.25) is 14.9 Å². The number of hydrogen-bond donors (Lipinski definition) is 3. The third-order valence-corrected chi connectivity index (χ3v) is 3.95. The van der Waals surface area contributed by atoms with Gasteiger partial charge in [0.15, 0.2) is 6.10 Å². The monoisotopic (exact) mass is 421 g/mol. The highest BCUT2D eigenvalue weighted by Crippen LogP contribution is 2.13. The first-order valence-corrected chi connectivity index (χ1v) is 9.90. The molecule has 3 N–H and O–H groups in total. The lowest BCUT2D eigenvalue weighted by molar-refractivity contribution is -0.157. The van der Waals surface area contributed by atoms with Crippen molar-refractivity contribution >= 4 is 23.8 Å². The third-order valence-electron chi connectivity index (χ3n) is 3.95. The second-order valence-corrected chi connectivity index (χ2v) is 7.35. The zero-order valence-corrected chi connectivity index (χ0v) is 18.3. The van der Waals surface area contributed by atoms with E-state index in [0.29, 0.717) is 17.9 Å². The predicted molar refractivity (Wildman–Crippen MR) is 111 cm³/mol. The zero-order valence-electron chi connectivity index (χ0n) is 18.3. The van der Waals surface area contributed by atoms with Crippen LogP contribution in [0, 0.1) is 5.92 Å². The normalized spacial score (nSPS) is 12.7. The van der Waals surface area contributed by atoms with Crippen molar-refractivity contribution in [2.24, 2.45) is 5.92 Å². The summed E-state index contributed by atoms with van der Waals surface area (Å²) in [7, 11) is 0. The van der Waals surface area contributed by atoms with Crippen molar-refractivity contribution in [2.75, 3.05) is 6.61 Å². The first-order valence-electron chi connectivity index (χ1n) is 9.90. The van der Waals surface area contributed by atoms with Gasteiger partial charge >= 0.3 is 12.0 Å². The van der Waals surface area contributed by atoms with Crippen LogP contribution in [0.1, 0.15) is 51.9 Å². The minimum Gasteiger partial charge on any atom is -0.494 e. The fraction of sp³-hybridized carbons (Fsp3) is 0.524. The van der Waals surface area contributed by atoms with Crippen molar-refractivity contribution in [3.63, 3.8) is 0 Å². The largest absolute Gasteiger partial charge is 0.494 e. The minimum absolute atomic E-state index is 0.154. The van der Waals surface area contributed by atoms with Gasteiger partial charge in [-0.05, 0) is 57.9 Å². The fourth-order valence-corrected chi connectivity index (χ4v) is 2.40. The van der Waals surface area contributed by atoms with E-state index >= 15 is 0 Å². The van der Waals surface area contributed by atoms with Crippen molar-refractivity contribution in [2.45, 2.75) is 59.7 Å². The Hall–Kier alpha value is -3.10. The lowest BCUT2D eigenvalue weighted by Gasteiger charge is -2.23. The number of imide groups is 1. The maximum atomic E-state index is 12.5. The molecule has 0 radical (unpaired) electrons. The molecule has 4 amide bonds. The lowest BCUT2D eigenvalue weighted by atomic mass is 10.0. The van der Waals surface area contributed by atoms with Gasteiger partial charge in [-0.15, -0.1) is 0 Å². The highest BCUT2D eigenvalue weighted by atomic mass is 16.5. The van der Waals surface area contributed by atoms with Gasteiger partial charge in [0, 0.05) is 11.6 Å². The number of carbonyl (C=O) groups excluding carboxylic acids is 4. The van der Waals surface area contributed by atoms with Crippen LogP contribution >= 0.6 is 0 Å². The van der Waals surface area contributed by atoms with E-state index in [1.807, 2.05) is 6.92 Å². The molecule has 0 aliphatic heterocycles. The van der Waals surface area contributed by atoms with Crippen LogP contribution in [0.5, 0.6) is 5.75 Å². The zero-order chi connectivity index (χ0) is 22.8. The van der Waals surface area contributed by atoms with Crippen molar-refractivity contribution in [1.82, 2.24) is 16.0 Å². The molecule has 0 saturated heterocycles. The van der Waals surface area contributed by atoms with Crippen LogP contribution in [0.3, 0.4) is 0 Å². The Morgan fingerprint density at radius 3 is 2.03 bits per heavy atom. The van der Waals surface area contributed by atoms with Crippen LogP contribution < -0.4 is 20.7 Å². The molecular weight excluding hydrogens is 390 g/mol. The summed E-state index contributed by atoms with van der Waals surface area (Å²) in [6, 6.07) is 4.70. The molecule has 9 nitrogen and oxygen atoms in total. The number of amides is 4. The van der Waals surface area contributed by atoms with Gasteiger partial charge in [0.1, 0.15) is 11.8 Å². The Morgan fingerprint density at radius 1 is 0.933 bits per heavy atom. The second kappa shape index (κ2) is 11.8. The standard InChI is InChI=1S/C21H31N3O6/c1-7-29-16-10-8-15(9-11-16)19(26)23-17(12(2)3)20(27)30-14(6)18(25)24-21(28)22-13(4)5/h8-14,17H,7H2,1-6H3,(H,23,26)(H2,22,24,25,28)/t14?,17-/m0/s1. The molecule has 0 heterocycles. The quantitative estimate of drug-likeness (QED) is 0.524. The van der Waals surface area contributed by atoms with Gasteiger partial charge in [0.25, 0.3) is 11.8 Å². The summed E-state index contributed by atoms with van der Waals surface area (Å²) >= 11 is 0. The SMILES string of the molecule is CCOc1ccc(C(=O)N[C@H](C(=O)OC(C)C(=O)NC(=O)NC(C)C)C(C)C)cc1. The topological polar surface area (TPSA) is 123 Å². The number of rotatable bonds is 9. The average Bonchev–Trinajstić information content (AvgIpc) is 2.65. The van der Waals surface area contributed by atoms with E-state index in [1.54, 1.807) is 52.0 Å². The smallest absolute Gasteiger partial charge is 0.329 e. The lowest BCUT2D eigenvalue weighted by Crippen LogP contribution is -2.50. The molecule has 9 heteroatoms. The van der Waals surface area contributed by atoms with Gasteiger partial charge in [0.05, 0.1) is 6.61 Å². The number of carbonyl (C=O) groups is 4. The van der Waals surface area contributed by atoms with E-state index in [2.05, 4.69) is 16.0 Å². The fourth-order valence-electron chi connectivity index (χ4n) is 2.40.